The number of carboxylic acids is 1. The van der Waals surface area contributed by atoms with Crippen molar-refractivity contribution in [3.8, 4) is 6.07 Å². The first-order valence-corrected chi connectivity index (χ1v) is 6.88. The molecule has 0 aliphatic carbocycles. The summed E-state index contributed by atoms with van der Waals surface area (Å²) in [5.41, 5.74) is 0.945. The highest BCUT2D eigenvalue weighted by atomic mass is 79.9. The Kier molecular flexibility index (Phi) is 4.77. The smallest absolute Gasteiger partial charge is 0.319 e. The van der Waals surface area contributed by atoms with E-state index in [9.17, 15) is 9.59 Å². The molecule has 2 rings (SSSR count). The van der Waals surface area contributed by atoms with Crippen molar-refractivity contribution < 1.29 is 19.4 Å². The number of hydrogen-bond acceptors (Lipinski definition) is 4. The highest BCUT2D eigenvalue weighted by Gasteiger charge is 2.35. The van der Waals surface area contributed by atoms with Crippen LogP contribution in [0.5, 0.6) is 0 Å². The third kappa shape index (κ3) is 3.71. The number of amides is 2. The van der Waals surface area contributed by atoms with Crippen LogP contribution in [-0.4, -0.2) is 36.4 Å². The largest absolute Gasteiger partial charge is 0.481 e. The zero-order chi connectivity index (χ0) is 15.4. The highest BCUT2D eigenvalue weighted by molar-refractivity contribution is 9.10. The Bertz CT molecular complexity index is 614. The maximum Gasteiger partial charge on any atom is 0.319 e. The molecular formula is C13H12BrN3O4. The minimum Gasteiger partial charge on any atom is -0.481 e. The number of anilines is 1. The van der Waals surface area contributed by atoms with Crippen LogP contribution in [-0.2, 0) is 9.53 Å². The van der Waals surface area contributed by atoms with Crippen LogP contribution < -0.4 is 10.6 Å². The molecule has 0 radical (unpaired) electrons. The number of aliphatic carboxylic acids is 1. The quantitative estimate of drug-likeness (QED) is 0.763. The summed E-state index contributed by atoms with van der Waals surface area (Å²) in [7, 11) is 0. The summed E-state index contributed by atoms with van der Waals surface area (Å²) in [6.45, 7) is 0.250. The van der Waals surface area contributed by atoms with E-state index in [-0.39, 0.29) is 13.2 Å². The van der Waals surface area contributed by atoms with Crippen molar-refractivity contribution in [2.75, 3.05) is 18.5 Å². The van der Waals surface area contributed by atoms with Crippen molar-refractivity contribution in [1.82, 2.24) is 5.32 Å². The molecule has 1 aromatic rings. The van der Waals surface area contributed by atoms with Gasteiger partial charge in [-0.15, -0.1) is 0 Å². The molecule has 2 atom stereocenters. The van der Waals surface area contributed by atoms with Crippen molar-refractivity contribution in [2.24, 2.45) is 5.92 Å². The van der Waals surface area contributed by atoms with Gasteiger partial charge in [0.15, 0.2) is 0 Å². The number of carboxylic acid groups (broad SMARTS) is 1. The number of nitriles is 1. The van der Waals surface area contributed by atoms with E-state index in [0.29, 0.717) is 15.7 Å². The second-order valence-electron chi connectivity index (χ2n) is 4.49. The Morgan fingerprint density at radius 3 is 2.81 bits per heavy atom. The van der Waals surface area contributed by atoms with Gasteiger partial charge in [0.1, 0.15) is 5.92 Å². The minimum absolute atomic E-state index is 0.0842. The molecule has 2 amide bonds. The number of urea groups is 1. The van der Waals surface area contributed by atoms with Crippen molar-refractivity contribution in [1.29, 1.82) is 5.26 Å². The van der Waals surface area contributed by atoms with Gasteiger partial charge >= 0.3 is 12.0 Å². The van der Waals surface area contributed by atoms with Gasteiger partial charge in [-0.2, -0.15) is 5.26 Å². The van der Waals surface area contributed by atoms with E-state index in [1.54, 1.807) is 18.2 Å². The van der Waals surface area contributed by atoms with Gasteiger partial charge in [-0.25, -0.2) is 4.79 Å². The van der Waals surface area contributed by atoms with E-state index in [1.165, 1.54) is 0 Å². The maximum absolute atomic E-state index is 11.9. The summed E-state index contributed by atoms with van der Waals surface area (Å²) >= 11 is 3.25. The van der Waals surface area contributed by atoms with Gasteiger partial charge in [0.05, 0.1) is 36.6 Å². The number of hydrogen-bond donors (Lipinski definition) is 3. The summed E-state index contributed by atoms with van der Waals surface area (Å²) in [5, 5.41) is 22.9. The Morgan fingerprint density at radius 1 is 1.43 bits per heavy atom. The second-order valence-corrected chi connectivity index (χ2v) is 5.35. The second kappa shape index (κ2) is 6.56. The Labute approximate surface area is 129 Å². The molecule has 0 saturated carbocycles. The average molecular weight is 354 g/mol. The van der Waals surface area contributed by atoms with Gasteiger partial charge in [0.2, 0.25) is 0 Å². The molecule has 7 nitrogen and oxygen atoms in total. The molecule has 8 heteroatoms. The number of nitrogens with one attached hydrogen (secondary N) is 2. The molecule has 21 heavy (non-hydrogen) atoms. The van der Waals surface area contributed by atoms with E-state index in [1.807, 2.05) is 6.07 Å². The number of rotatable bonds is 3. The first-order chi connectivity index (χ1) is 10.0. The third-order valence-corrected chi connectivity index (χ3v) is 3.72. The average Bonchev–Trinajstić information content (AvgIpc) is 2.89. The Morgan fingerprint density at radius 2 is 2.19 bits per heavy atom. The molecule has 0 aromatic heterocycles. The first kappa shape index (κ1) is 15.3. The zero-order valence-corrected chi connectivity index (χ0v) is 12.4. The van der Waals surface area contributed by atoms with E-state index in [2.05, 4.69) is 26.6 Å². The SMILES string of the molecule is N#Cc1ccc(NC(=O)NC2COCC2C(=O)O)c(Br)c1. The van der Waals surface area contributed by atoms with Gasteiger partial charge in [0.25, 0.3) is 0 Å². The van der Waals surface area contributed by atoms with Gasteiger partial charge in [0, 0.05) is 4.47 Å². The lowest BCUT2D eigenvalue weighted by Gasteiger charge is -2.16. The molecule has 2 unspecified atom stereocenters. The topological polar surface area (TPSA) is 111 Å². The van der Waals surface area contributed by atoms with Crippen LogP contribution in [0.25, 0.3) is 0 Å². The number of carbonyl (C=O) groups excluding carboxylic acids is 1. The molecule has 0 bridgehead atoms. The predicted molar refractivity (Wildman–Crippen MR) is 76.7 cm³/mol. The summed E-state index contributed by atoms with van der Waals surface area (Å²) < 4.78 is 5.63. The molecule has 110 valence electrons. The number of ether oxygens (including phenoxy) is 1. The highest BCUT2D eigenvalue weighted by Crippen LogP contribution is 2.23. The fourth-order valence-electron chi connectivity index (χ4n) is 1.95. The molecule has 1 aromatic carbocycles. The van der Waals surface area contributed by atoms with Crippen LogP contribution in [0.4, 0.5) is 10.5 Å². The minimum atomic E-state index is -1.00. The van der Waals surface area contributed by atoms with Gasteiger partial charge in [-0.3, -0.25) is 4.79 Å². The van der Waals surface area contributed by atoms with Crippen molar-refractivity contribution in [2.45, 2.75) is 6.04 Å². The fourth-order valence-corrected chi connectivity index (χ4v) is 2.43. The van der Waals surface area contributed by atoms with Crippen LogP contribution in [0, 0.1) is 17.2 Å². The lowest BCUT2D eigenvalue weighted by molar-refractivity contribution is -0.142. The molecular weight excluding hydrogens is 342 g/mol. The summed E-state index contributed by atoms with van der Waals surface area (Å²) in [6, 6.07) is 5.62. The standard InChI is InChI=1S/C13H12BrN3O4/c14-9-3-7(4-15)1-2-10(9)16-13(20)17-11-6-21-5-8(11)12(18)19/h1-3,8,11H,5-6H2,(H,18,19)(H2,16,17,20). The number of carbonyl (C=O) groups is 2. The summed E-state index contributed by atoms with van der Waals surface area (Å²) in [5.74, 6) is -1.75. The van der Waals surface area contributed by atoms with Crippen LogP contribution >= 0.6 is 15.9 Å². The molecule has 1 aliphatic rings. The summed E-state index contributed by atoms with van der Waals surface area (Å²) in [6.07, 6.45) is 0. The first-order valence-electron chi connectivity index (χ1n) is 6.09. The molecule has 1 heterocycles. The van der Waals surface area contributed by atoms with Gasteiger partial charge in [-0.05, 0) is 34.1 Å². The zero-order valence-electron chi connectivity index (χ0n) is 10.8. The molecule has 1 aliphatic heterocycles. The maximum atomic E-state index is 11.9. The van der Waals surface area contributed by atoms with E-state index in [4.69, 9.17) is 15.1 Å². The van der Waals surface area contributed by atoms with Gasteiger partial charge in [-0.1, -0.05) is 0 Å². The Hall–Kier alpha value is -2.11. The molecule has 3 N–H and O–H groups in total. The molecule has 1 fully saturated rings. The van der Waals surface area contributed by atoms with Crippen LogP contribution in [0.1, 0.15) is 5.56 Å². The van der Waals surface area contributed by atoms with Gasteiger partial charge < -0.3 is 20.5 Å². The number of benzene rings is 1. The monoisotopic (exact) mass is 353 g/mol. The predicted octanol–water partition coefficient (Wildman–Crippen LogP) is 1.54. The third-order valence-electron chi connectivity index (χ3n) is 3.06. The molecule has 1 saturated heterocycles. The normalized spacial score (nSPS) is 20.6. The van der Waals surface area contributed by atoms with E-state index >= 15 is 0 Å². The summed E-state index contributed by atoms with van der Waals surface area (Å²) in [4.78, 5) is 22.9. The molecule has 0 spiro atoms. The van der Waals surface area contributed by atoms with Crippen LogP contribution in [0.3, 0.4) is 0 Å². The fraction of sp³-hybridized carbons (Fsp3) is 0.308. The number of halogens is 1. The van der Waals surface area contributed by atoms with Crippen molar-refractivity contribution in [3.63, 3.8) is 0 Å². The van der Waals surface area contributed by atoms with Crippen molar-refractivity contribution in [3.05, 3.63) is 28.2 Å². The van der Waals surface area contributed by atoms with Crippen molar-refractivity contribution >= 4 is 33.6 Å². The van der Waals surface area contributed by atoms with Crippen LogP contribution in [0.2, 0.25) is 0 Å². The Balaban J connectivity index is 1.99. The van der Waals surface area contributed by atoms with E-state index < -0.39 is 24.0 Å². The number of nitrogens with zero attached hydrogens (tertiary/aromatic N) is 1. The van der Waals surface area contributed by atoms with Crippen LogP contribution in [0.15, 0.2) is 22.7 Å². The lowest BCUT2D eigenvalue weighted by Crippen LogP contribution is -2.44. The van der Waals surface area contributed by atoms with E-state index in [0.717, 1.165) is 0 Å². The lowest BCUT2D eigenvalue weighted by atomic mass is 10.0.